The Kier molecular flexibility index (Phi) is 7.31. The van der Waals surface area contributed by atoms with Crippen LogP contribution in [0, 0.1) is 11.8 Å². The molecule has 3 rings (SSSR count). The summed E-state index contributed by atoms with van der Waals surface area (Å²) in [6.07, 6.45) is 7.85. The molecule has 150 valence electrons. The smallest absolute Gasteiger partial charge is 0.220 e. The van der Waals surface area contributed by atoms with Crippen LogP contribution in [0.2, 0.25) is 0 Å². The number of rotatable bonds is 8. The minimum atomic E-state index is 0.0446. The third-order valence-electron chi connectivity index (χ3n) is 6.70. The van der Waals surface area contributed by atoms with Crippen molar-refractivity contribution in [2.24, 2.45) is 11.8 Å². The van der Waals surface area contributed by atoms with E-state index in [1.165, 1.54) is 31.2 Å². The number of piperidine rings is 1. The van der Waals surface area contributed by atoms with Crippen molar-refractivity contribution < 1.29 is 4.79 Å². The van der Waals surface area contributed by atoms with Crippen LogP contribution in [0.15, 0.2) is 30.3 Å². The van der Waals surface area contributed by atoms with Crippen molar-refractivity contribution in [1.82, 2.24) is 16.0 Å². The zero-order chi connectivity index (χ0) is 19.1. The lowest BCUT2D eigenvalue weighted by molar-refractivity contribution is -0.122. The molecular weight excluding hydrogens is 334 g/mol. The molecule has 4 nitrogen and oxygen atoms in total. The van der Waals surface area contributed by atoms with Gasteiger partial charge in [-0.05, 0) is 63.1 Å². The normalized spacial score (nSPS) is 22.3. The SMILES string of the molecule is CC(NC1(CNC(=O)CC(C)C2CCNCC2)CCCC1)c1ccccc1. The summed E-state index contributed by atoms with van der Waals surface area (Å²) in [7, 11) is 0. The van der Waals surface area contributed by atoms with E-state index in [4.69, 9.17) is 0 Å². The number of hydrogen-bond donors (Lipinski definition) is 3. The highest BCUT2D eigenvalue weighted by Gasteiger charge is 2.35. The monoisotopic (exact) mass is 371 g/mol. The molecule has 1 aliphatic carbocycles. The van der Waals surface area contributed by atoms with Gasteiger partial charge < -0.3 is 16.0 Å². The second-order valence-electron chi connectivity index (χ2n) is 8.81. The minimum absolute atomic E-state index is 0.0446. The Labute approximate surface area is 164 Å². The van der Waals surface area contributed by atoms with Crippen molar-refractivity contribution in [2.45, 2.75) is 70.4 Å². The number of carbonyl (C=O) groups is 1. The van der Waals surface area contributed by atoms with Gasteiger partial charge in [0.1, 0.15) is 0 Å². The van der Waals surface area contributed by atoms with Crippen LogP contribution >= 0.6 is 0 Å². The highest BCUT2D eigenvalue weighted by atomic mass is 16.1. The summed E-state index contributed by atoms with van der Waals surface area (Å²) >= 11 is 0. The maximum absolute atomic E-state index is 12.6. The van der Waals surface area contributed by atoms with Crippen LogP contribution in [-0.4, -0.2) is 31.1 Å². The molecule has 1 saturated heterocycles. The van der Waals surface area contributed by atoms with E-state index in [0.29, 0.717) is 24.3 Å². The number of benzene rings is 1. The lowest BCUT2D eigenvalue weighted by Gasteiger charge is -2.35. The van der Waals surface area contributed by atoms with Crippen LogP contribution < -0.4 is 16.0 Å². The average molecular weight is 372 g/mol. The largest absolute Gasteiger partial charge is 0.354 e. The fourth-order valence-electron chi connectivity index (χ4n) is 4.92. The number of amides is 1. The van der Waals surface area contributed by atoms with Gasteiger partial charge in [-0.1, -0.05) is 50.1 Å². The lowest BCUT2D eigenvalue weighted by Crippen LogP contribution is -2.52. The van der Waals surface area contributed by atoms with Gasteiger partial charge in [0.2, 0.25) is 5.91 Å². The van der Waals surface area contributed by atoms with Crippen LogP contribution in [0.3, 0.4) is 0 Å². The van der Waals surface area contributed by atoms with Crippen LogP contribution in [-0.2, 0) is 4.79 Å². The third kappa shape index (κ3) is 5.79. The summed E-state index contributed by atoms with van der Waals surface area (Å²) in [6, 6.07) is 10.9. The zero-order valence-electron chi connectivity index (χ0n) is 17.1. The molecule has 2 aliphatic rings. The summed E-state index contributed by atoms with van der Waals surface area (Å²) < 4.78 is 0. The summed E-state index contributed by atoms with van der Waals surface area (Å²) in [5.41, 5.74) is 1.36. The summed E-state index contributed by atoms with van der Waals surface area (Å²) in [5.74, 6) is 1.39. The zero-order valence-corrected chi connectivity index (χ0v) is 17.1. The molecule has 2 atom stereocenters. The summed E-state index contributed by atoms with van der Waals surface area (Å²) in [4.78, 5) is 12.6. The Morgan fingerprint density at radius 3 is 2.48 bits per heavy atom. The van der Waals surface area contributed by atoms with Gasteiger partial charge in [-0.15, -0.1) is 0 Å². The standard InChI is InChI=1S/C23H37N3O/c1-18(20-10-14-24-15-11-20)16-22(27)25-17-23(12-6-7-13-23)26-19(2)21-8-4-3-5-9-21/h3-5,8-9,18-20,24,26H,6-7,10-17H2,1-2H3,(H,25,27). The molecule has 1 aliphatic heterocycles. The van der Waals surface area contributed by atoms with Crippen molar-refractivity contribution in [3.8, 4) is 0 Å². The summed E-state index contributed by atoms with van der Waals surface area (Å²) in [5, 5.41) is 10.5. The van der Waals surface area contributed by atoms with Crippen LogP contribution in [0.4, 0.5) is 0 Å². The molecule has 0 radical (unpaired) electrons. The Balaban J connectivity index is 1.50. The first-order valence-corrected chi connectivity index (χ1v) is 10.9. The molecule has 0 aromatic heterocycles. The maximum atomic E-state index is 12.6. The molecule has 3 N–H and O–H groups in total. The van der Waals surface area contributed by atoms with E-state index in [-0.39, 0.29) is 11.4 Å². The van der Waals surface area contributed by atoms with Crippen molar-refractivity contribution in [2.75, 3.05) is 19.6 Å². The lowest BCUT2D eigenvalue weighted by atomic mass is 9.84. The Bertz CT molecular complexity index is 577. The first kappa shape index (κ1) is 20.3. The molecular formula is C23H37N3O. The molecule has 1 aromatic rings. The quantitative estimate of drug-likeness (QED) is 0.652. The topological polar surface area (TPSA) is 53.2 Å². The predicted molar refractivity (Wildman–Crippen MR) is 112 cm³/mol. The number of hydrogen-bond acceptors (Lipinski definition) is 3. The van der Waals surface area contributed by atoms with Gasteiger partial charge in [0.25, 0.3) is 0 Å². The van der Waals surface area contributed by atoms with Crippen LogP contribution in [0.1, 0.15) is 70.4 Å². The van der Waals surface area contributed by atoms with E-state index in [9.17, 15) is 4.79 Å². The molecule has 1 saturated carbocycles. The Hall–Kier alpha value is -1.39. The first-order chi connectivity index (χ1) is 13.1. The fraction of sp³-hybridized carbons (Fsp3) is 0.696. The van der Waals surface area contributed by atoms with Crippen molar-refractivity contribution in [3.05, 3.63) is 35.9 Å². The van der Waals surface area contributed by atoms with Crippen molar-refractivity contribution >= 4 is 5.91 Å². The van der Waals surface area contributed by atoms with Crippen LogP contribution in [0.25, 0.3) is 0 Å². The second kappa shape index (κ2) is 9.70. The third-order valence-corrected chi connectivity index (χ3v) is 6.70. The fourth-order valence-corrected chi connectivity index (χ4v) is 4.92. The molecule has 1 heterocycles. The van der Waals surface area contributed by atoms with E-state index in [0.717, 1.165) is 32.5 Å². The van der Waals surface area contributed by atoms with Crippen LogP contribution in [0.5, 0.6) is 0 Å². The number of nitrogens with one attached hydrogen (secondary N) is 3. The van der Waals surface area contributed by atoms with Gasteiger partial charge in [-0.2, -0.15) is 0 Å². The van der Waals surface area contributed by atoms with Crippen molar-refractivity contribution in [1.29, 1.82) is 0 Å². The second-order valence-corrected chi connectivity index (χ2v) is 8.81. The van der Waals surface area contributed by atoms with Gasteiger partial charge >= 0.3 is 0 Å². The molecule has 27 heavy (non-hydrogen) atoms. The van der Waals surface area contributed by atoms with Gasteiger partial charge in [0.15, 0.2) is 0 Å². The van der Waals surface area contributed by atoms with E-state index < -0.39 is 0 Å². The highest BCUT2D eigenvalue weighted by Crippen LogP contribution is 2.32. The molecule has 1 aromatic carbocycles. The molecule has 2 fully saturated rings. The molecule has 4 heteroatoms. The van der Waals surface area contributed by atoms with Crippen molar-refractivity contribution in [3.63, 3.8) is 0 Å². The predicted octanol–water partition coefficient (Wildman–Crippen LogP) is 3.79. The molecule has 0 bridgehead atoms. The number of carbonyl (C=O) groups excluding carboxylic acids is 1. The average Bonchev–Trinajstić information content (AvgIpc) is 3.16. The Morgan fingerprint density at radius 2 is 1.81 bits per heavy atom. The van der Waals surface area contributed by atoms with Gasteiger partial charge in [-0.25, -0.2) is 0 Å². The van der Waals surface area contributed by atoms with E-state index in [1.807, 2.05) is 0 Å². The van der Waals surface area contributed by atoms with E-state index in [2.05, 4.69) is 60.1 Å². The van der Waals surface area contributed by atoms with Gasteiger partial charge in [0, 0.05) is 24.5 Å². The van der Waals surface area contributed by atoms with E-state index in [1.54, 1.807) is 0 Å². The minimum Gasteiger partial charge on any atom is -0.354 e. The maximum Gasteiger partial charge on any atom is 0.220 e. The highest BCUT2D eigenvalue weighted by molar-refractivity contribution is 5.76. The Morgan fingerprint density at radius 1 is 1.15 bits per heavy atom. The molecule has 1 amide bonds. The van der Waals surface area contributed by atoms with E-state index >= 15 is 0 Å². The molecule has 2 unspecified atom stereocenters. The van der Waals surface area contributed by atoms with Gasteiger partial charge in [-0.3, -0.25) is 4.79 Å². The summed E-state index contributed by atoms with van der Waals surface area (Å²) in [6.45, 7) is 7.43. The van der Waals surface area contributed by atoms with Gasteiger partial charge in [0.05, 0.1) is 0 Å². The molecule has 0 spiro atoms. The first-order valence-electron chi connectivity index (χ1n) is 10.9.